The molecule has 0 aliphatic heterocycles. The van der Waals surface area contributed by atoms with Gasteiger partial charge in [0.2, 0.25) is 0 Å². The quantitative estimate of drug-likeness (QED) is 0.770. The highest BCUT2D eigenvalue weighted by Gasteiger charge is 2.15. The third kappa shape index (κ3) is 9.31. The summed E-state index contributed by atoms with van der Waals surface area (Å²) in [6, 6.07) is 0. The lowest BCUT2D eigenvalue weighted by Crippen LogP contribution is -2.27. The summed E-state index contributed by atoms with van der Waals surface area (Å²) < 4.78 is 0. The normalized spacial score (nSPS) is 12.3. The summed E-state index contributed by atoms with van der Waals surface area (Å²) in [5.74, 6) is 0.724. The predicted molar refractivity (Wildman–Crippen MR) is 75.9 cm³/mol. The number of nitrogens with zero attached hydrogens (tertiary/aromatic N) is 1. The van der Waals surface area contributed by atoms with Crippen LogP contribution in [-0.2, 0) is 0 Å². The van der Waals surface area contributed by atoms with Crippen molar-refractivity contribution in [2.24, 2.45) is 0 Å². The van der Waals surface area contributed by atoms with E-state index in [9.17, 15) is 9.59 Å². The van der Waals surface area contributed by atoms with Gasteiger partial charge in [0.25, 0.3) is 10.5 Å². The summed E-state index contributed by atoms with van der Waals surface area (Å²) in [6.07, 6.45) is 0.828. The SMILES string of the molecule is CNC(=O)SCCC(CN(C)C)SC(=O)NC. The number of rotatable bonds is 6. The zero-order valence-corrected chi connectivity index (χ0v) is 12.4. The average molecular weight is 279 g/mol. The van der Waals surface area contributed by atoms with E-state index >= 15 is 0 Å². The fourth-order valence-electron chi connectivity index (χ4n) is 1.16. The number of hydrogen-bond donors (Lipinski definition) is 2. The Morgan fingerprint density at radius 2 is 1.76 bits per heavy atom. The van der Waals surface area contributed by atoms with Gasteiger partial charge >= 0.3 is 0 Å². The van der Waals surface area contributed by atoms with Crippen LogP contribution in [-0.4, -0.2) is 61.1 Å². The molecule has 2 N–H and O–H groups in total. The number of thioether (sulfide) groups is 2. The molecule has 0 rings (SSSR count). The number of nitrogens with one attached hydrogen (secondary N) is 2. The van der Waals surface area contributed by atoms with E-state index in [2.05, 4.69) is 10.6 Å². The number of carbonyl (C=O) groups excluding carboxylic acids is 2. The van der Waals surface area contributed by atoms with Crippen molar-refractivity contribution in [1.82, 2.24) is 15.5 Å². The van der Waals surface area contributed by atoms with Crippen LogP contribution in [0.4, 0.5) is 9.59 Å². The van der Waals surface area contributed by atoms with Gasteiger partial charge in [0.15, 0.2) is 0 Å². The molecule has 0 aromatic heterocycles. The summed E-state index contributed by atoms with van der Waals surface area (Å²) >= 11 is 2.55. The van der Waals surface area contributed by atoms with Crippen LogP contribution in [0.5, 0.6) is 0 Å². The fourth-order valence-corrected chi connectivity index (χ4v) is 3.07. The largest absolute Gasteiger partial charge is 0.350 e. The maximum atomic E-state index is 11.3. The molecule has 0 saturated carbocycles. The predicted octanol–water partition coefficient (Wildman–Crippen LogP) is 1.45. The van der Waals surface area contributed by atoms with Gasteiger partial charge in [-0.25, -0.2) is 0 Å². The summed E-state index contributed by atoms with van der Waals surface area (Å²) in [6.45, 7) is 0.826. The molecule has 0 aromatic carbocycles. The highest BCUT2D eigenvalue weighted by atomic mass is 32.2. The summed E-state index contributed by atoms with van der Waals surface area (Å²) in [5, 5.41) is 5.31. The van der Waals surface area contributed by atoms with Crippen LogP contribution in [0.25, 0.3) is 0 Å². The van der Waals surface area contributed by atoms with E-state index in [4.69, 9.17) is 0 Å². The molecule has 0 bridgehead atoms. The van der Waals surface area contributed by atoms with Crippen LogP contribution in [0.2, 0.25) is 0 Å². The summed E-state index contributed by atoms with van der Waals surface area (Å²) in [4.78, 5) is 24.4. The minimum absolute atomic E-state index is 0.0261. The zero-order chi connectivity index (χ0) is 13.3. The lowest BCUT2D eigenvalue weighted by Gasteiger charge is -2.19. The van der Waals surface area contributed by atoms with Gasteiger partial charge in [-0.3, -0.25) is 9.59 Å². The highest BCUT2D eigenvalue weighted by Crippen LogP contribution is 2.19. The minimum Gasteiger partial charge on any atom is -0.350 e. The molecule has 0 aliphatic carbocycles. The van der Waals surface area contributed by atoms with E-state index in [0.29, 0.717) is 0 Å². The van der Waals surface area contributed by atoms with Gasteiger partial charge in [0, 0.05) is 31.6 Å². The standard InChI is InChI=1S/C10H21N3O2S2/c1-11-9(14)16-6-5-8(7-13(3)4)17-10(15)12-2/h8H,5-7H2,1-4H3,(H,11,14)(H,12,15). The zero-order valence-electron chi connectivity index (χ0n) is 10.8. The molecule has 0 aliphatic rings. The highest BCUT2D eigenvalue weighted by molar-refractivity contribution is 8.14. The first-order chi connectivity index (χ1) is 7.99. The first-order valence-electron chi connectivity index (χ1n) is 5.37. The third-order valence-electron chi connectivity index (χ3n) is 1.92. The van der Waals surface area contributed by atoms with Gasteiger partial charge in [-0.2, -0.15) is 0 Å². The van der Waals surface area contributed by atoms with Crippen molar-refractivity contribution in [2.45, 2.75) is 11.7 Å². The van der Waals surface area contributed by atoms with E-state index in [1.165, 1.54) is 23.5 Å². The second-order valence-corrected chi connectivity index (χ2v) is 6.06. The van der Waals surface area contributed by atoms with Gasteiger partial charge in [0.1, 0.15) is 0 Å². The Morgan fingerprint density at radius 3 is 2.24 bits per heavy atom. The van der Waals surface area contributed by atoms with Crippen molar-refractivity contribution in [3.05, 3.63) is 0 Å². The van der Waals surface area contributed by atoms with Crippen LogP contribution in [0.3, 0.4) is 0 Å². The lowest BCUT2D eigenvalue weighted by atomic mass is 10.3. The maximum Gasteiger partial charge on any atom is 0.279 e. The molecular weight excluding hydrogens is 258 g/mol. The van der Waals surface area contributed by atoms with Gasteiger partial charge in [0.05, 0.1) is 0 Å². The molecule has 0 spiro atoms. The molecule has 0 radical (unpaired) electrons. The third-order valence-corrected chi connectivity index (χ3v) is 3.97. The Labute approximate surface area is 111 Å². The summed E-state index contributed by atoms with van der Waals surface area (Å²) in [7, 11) is 7.19. The Bertz CT molecular complexity index is 250. The van der Waals surface area contributed by atoms with Gasteiger partial charge < -0.3 is 15.5 Å². The molecule has 100 valence electrons. The van der Waals surface area contributed by atoms with Crippen LogP contribution >= 0.6 is 23.5 Å². The van der Waals surface area contributed by atoms with E-state index in [-0.39, 0.29) is 15.7 Å². The van der Waals surface area contributed by atoms with Gasteiger partial charge in [-0.1, -0.05) is 23.5 Å². The van der Waals surface area contributed by atoms with Crippen LogP contribution in [0, 0.1) is 0 Å². The van der Waals surface area contributed by atoms with Crippen LogP contribution in [0.15, 0.2) is 0 Å². The Morgan fingerprint density at radius 1 is 1.18 bits per heavy atom. The number of amides is 2. The monoisotopic (exact) mass is 279 g/mol. The van der Waals surface area contributed by atoms with Crippen molar-refractivity contribution < 1.29 is 9.59 Å². The maximum absolute atomic E-state index is 11.3. The first kappa shape index (κ1) is 16.6. The Balaban J connectivity index is 4.01. The molecule has 1 atom stereocenters. The molecular formula is C10H21N3O2S2. The first-order valence-corrected chi connectivity index (χ1v) is 7.23. The minimum atomic E-state index is -0.0291. The Kier molecular flexibility index (Phi) is 9.39. The fraction of sp³-hybridized carbons (Fsp3) is 0.800. The van der Waals surface area contributed by atoms with Gasteiger partial charge in [-0.05, 0) is 20.5 Å². The lowest BCUT2D eigenvalue weighted by molar-refractivity contribution is 0.261. The average Bonchev–Trinajstić information content (AvgIpc) is 2.27. The van der Waals surface area contributed by atoms with Crippen molar-refractivity contribution in [3.8, 4) is 0 Å². The van der Waals surface area contributed by atoms with Gasteiger partial charge in [-0.15, -0.1) is 0 Å². The smallest absolute Gasteiger partial charge is 0.279 e. The molecule has 1 unspecified atom stereocenters. The van der Waals surface area contributed by atoms with E-state index in [0.717, 1.165) is 18.7 Å². The Hall–Kier alpha value is -0.400. The van der Waals surface area contributed by atoms with Crippen molar-refractivity contribution in [2.75, 3.05) is 40.5 Å². The number of hydrogen-bond acceptors (Lipinski definition) is 5. The molecule has 0 heterocycles. The topological polar surface area (TPSA) is 61.4 Å². The molecule has 0 saturated heterocycles. The second kappa shape index (κ2) is 9.61. The molecule has 7 heteroatoms. The summed E-state index contributed by atoms with van der Waals surface area (Å²) in [5.41, 5.74) is 0. The van der Waals surface area contributed by atoms with Crippen LogP contribution in [0.1, 0.15) is 6.42 Å². The molecule has 0 fully saturated rings. The van der Waals surface area contributed by atoms with Crippen molar-refractivity contribution in [3.63, 3.8) is 0 Å². The van der Waals surface area contributed by atoms with E-state index < -0.39 is 0 Å². The number of carbonyl (C=O) groups is 2. The van der Waals surface area contributed by atoms with Crippen molar-refractivity contribution >= 4 is 34.0 Å². The van der Waals surface area contributed by atoms with E-state index in [1.54, 1.807) is 14.1 Å². The molecule has 17 heavy (non-hydrogen) atoms. The molecule has 0 aromatic rings. The van der Waals surface area contributed by atoms with Crippen LogP contribution < -0.4 is 10.6 Å². The molecule has 2 amide bonds. The van der Waals surface area contributed by atoms with E-state index in [1.807, 2.05) is 19.0 Å². The second-order valence-electron chi connectivity index (χ2n) is 3.71. The molecule has 5 nitrogen and oxygen atoms in total. The van der Waals surface area contributed by atoms with Crippen molar-refractivity contribution in [1.29, 1.82) is 0 Å².